The fraction of sp³-hybridized carbons (Fsp3) is 0.133. The first-order valence-electron chi connectivity index (χ1n) is 6.31. The van der Waals surface area contributed by atoms with Gasteiger partial charge < -0.3 is 16.4 Å². The SMILES string of the molecule is CCNC(=O)c1ccc(N)cc1Nc1ccccc1Cl. The van der Waals surface area contributed by atoms with Crippen LogP contribution in [0.15, 0.2) is 42.5 Å². The molecule has 0 heterocycles. The third-order valence-corrected chi connectivity index (χ3v) is 3.10. The van der Waals surface area contributed by atoms with Crippen LogP contribution in [0.5, 0.6) is 0 Å². The van der Waals surface area contributed by atoms with Crippen LogP contribution in [-0.2, 0) is 0 Å². The summed E-state index contributed by atoms with van der Waals surface area (Å²) in [7, 11) is 0. The van der Waals surface area contributed by atoms with Crippen LogP contribution >= 0.6 is 11.6 Å². The Hall–Kier alpha value is -2.20. The largest absolute Gasteiger partial charge is 0.399 e. The fourth-order valence-electron chi connectivity index (χ4n) is 1.83. The summed E-state index contributed by atoms with van der Waals surface area (Å²) < 4.78 is 0. The van der Waals surface area contributed by atoms with Gasteiger partial charge in [0.05, 0.1) is 22.0 Å². The number of carbonyl (C=O) groups excluding carboxylic acids is 1. The van der Waals surface area contributed by atoms with Crippen LogP contribution in [0.25, 0.3) is 0 Å². The van der Waals surface area contributed by atoms with Gasteiger partial charge in [-0.1, -0.05) is 23.7 Å². The molecule has 104 valence electrons. The molecule has 1 amide bonds. The van der Waals surface area contributed by atoms with Crippen LogP contribution in [0.3, 0.4) is 0 Å². The van der Waals surface area contributed by atoms with Gasteiger partial charge in [-0.3, -0.25) is 4.79 Å². The zero-order valence-electron chi connectivity index (χ0n) is 11.1. The molecule has 0 radical (unpaired) electrons. The van der Waals surface area contributed by atoms with Gasteiger partial charge in [0.2, 0.25) is 0 Å². The average Bonchev–Trinajstić information content (AvgIpc) is 2.42. The summed E-state index contributed by atoms with van der Waals surface area (Å²) in [6, 6.07) is 12.4. The number of para-hydroxylation sites is 1. The van der Waals surface area contributed by atoms with E-state index >= 15 is 0 Å². The van der Waals surface area contributed by atoms with Crippen LogP contribution in [0.1, 0.15) is 17.3 Å². The topological polar surface area (TPSA) is 67.2 Å². The summed E-state index contributed by atoms with van der Waals surface area (Å²) in [6.45, 7) is 2.44. The second kappa shape index (κ2) is 6.30. The second-order valence-electron chi connectivity index (χ2n) is 4.27. The van der Waals surface area contributed by atoms with Crippen molar-refractivity contribution in [1.82, 2.24) is 5.32 Å². The lowest BCUT2D eigenvalue weighted by Crippen LogP contribution is -2.23. The molecule has 0 bridgehead atoms. The van der Waals surface area contributed by atoms with Crippen LogP contribution in [0, 0.1) is 0 Å². The summed E-state index contributed by atoms with van der Waals surface area (Å²) >= 11 is 6.11. The molecule has 4 nitrogen and oxygen atoms in total. The van der Waals surface area contributed by atoms with Crippen molar-refractivity contribution in [2.45, 2.75) is 6.92 Å². The lowest BCUT2D eigenvalue weighted by atomic mass is 10.1. The van der Waals surface area contributed by atoms with Crippen molar-refractivity contribution < 1.29 is 4.79 Å². The molecule has 2 aromatic carbocycles. The van der Waals surface area contributed by atoms with Gasteiger partial charge >= 0.3 is 0 Å². The smallest absolute Gasteiger partial charge is 0.253 e. The summed E-state index contributed by atoms with van der Waals surface area (Å²) in [5.41, 5.74) is 8.25. The molecule has 2 aromatic rings. The van der Waals surface area contributed by atoms with Gasteiger partial charge in [0.15, 0.2) is 0 Å². The molecule has 20 heavy (non-hydrogen) atoms. The van der Waals surface area contributed by atoms with E-state index in [2.05, 4.69) is 10.6 Å². The molecule has 5 heteroatoms. The molecule has 0 aliphatic carbocycles. The van der Waals surface area contributed by atoms with E-state index in [-0.39, 0.29) is 5.91 Å². The number of hydrogen-bond acceptors (Lipinski definition) is 3. The predicted molar refractivity (Wildman–Crippen MR) is 83.6 cm³/mol. The highest BCUT2D eigenvalue weighted by molar-refractivity contribution is 6.33. The summed E-state index contributed by atoms with van der Waals surface area (Å²) in [6.07, 6.45) is 0. The lowest BCUT2D eigenvalue weighted by Gasteiger charge is -2.13. The molecule has 0 spiro atoms. The van der Waals surface area contributed by atoms with Crippen molar-refractivity contribution in [3.63, 3.8) is 0 Å². The Morgan fingerprint density at radius 2 is 1.95 bits per heavy atom. The molecule has 0 unspecified atom stereocenters. The van der Waals surface area contributed by atoms with Crippen molar-refractivity contribution in [3.8, 4) is 0 Å². The predicted octanol–water partition coefficient (Wildman–Crippen LogP) is 3.42. The van der Waals surface area contributed by atoms with Crippen molar-refractivity contribution in [2.75, 3.05) is 17.6 Å². The molecule has 0 fully saturated rings. The number of nitrogens with one attached hydrogen (secondary N) is 2. The highest BCUT2D eigenvalue weighted by Gasteiger charge is 2.12. The van der Waals surface area contributed by atoms with Crippen molar-refractivity contribution in [2.24, 2.45) is 0 Å². The summed E-state index contributed by atoms with van der Waals surface area (Å²) in [5, 5.41) is 6.50. The number of halogens is 1. The molecule has 0 saturated carbocycles. The molecule has 0 saturated heterocycles. The molecule has 0 aromatic heterocycles. The number of nitrogens with two attached hydrogens (primary N) is 1. The van der Waals surface area contributed by atoms with Crippen molar-refractivity contribution in [3.05, 3.63) is 53.1 Å². The van der Waals surface area contributed by atoms with Gasteiger partial charge in [-0.15, -0.1) is 0 Å². The summed E-state index contributed by atoms with van der Waals surface area (Å²) in [4.78, 5) is 12.0. The molecule has 4 N–H and O–H groups in total. The number of hydrogen-bond donors (Lipinski definition) is 3. The number of nitrogen functional groups attached to an aromatic ring is 1. The van der Waals surface area contributed by atoms with E-state index in [1.165, 1.54) is 0 Å². The van der Waals surface area contributed by atoms with Crippen LogP contribution in [0.4, 0.5) is 17.1 Å². The lowest BCUT2D eigenvalue weighted by molar-refractivity contribution is 0.0956. The van der Waals surface area contributed by atoms with E-state index in [9.17, 15) is 4.79 Å². The number of amides is 1. The first kappa shape index (κ1) is 14.2. The highest BCUT2D eigenvalue weighted by Crippen LogP contribution is 2.28. The van der Waals surface area contributed by atoms with Crippen LogP contribution < -0.4 is 16.4 Å². The van der Waals surface area contributed by atoms with E-state index in [1.54, 1.807) is 24.3 Å². The fourth-order valence-corrected chi connectivity index (χ4v) is 2.01. The Labute approximate surface area is 122 Å². The van der Waals surface area contributed by atoms with E-state index in [1.807, 2.05) is 25.1 Å². The molecular formula is C15H16ClN3O. The number of carbonyl (C=O) groups is 1. The van der Waals surface area contributed by atoms with Crippen molar-refractivity contribution in [1.29, 1.82) is 0 Å². The minimum absolute atomic E-state index is 0.151. The molecule has 0 atom stereocenters. The minimum Gasteiger partial charge on any atom is -0.399 e. The highest BCUT2D eigenvalue weighted by atomic mass is 35.5. The van der Waals surface area contributed by atoms with Gasteiger partial charge in [0.25, 0.3) is 5.91 Å². The van der Waals surface area contributed by atoms with Gasteiger partial charge in [0, 0.05) is 12.2 Å². The standard InChI is InChI=1S/C15H16ClN3O/c1-2-18-15(20)11-8-7-10(17)9-14(11)19-13-6-4-3-5-12(13)16/h3-9,19H,2,17H2,1H3,(H,18,20). The molecular weight excluding hydrogens is 274 g/mol. The Bertz CT molecular complexity index is 628. The molecule has 0 aliphatic rings. The third-order valence-electron chi connectivity index (χ3n) is 2.77. The zero-order valence-corrected chi connectivity index (χ0v) is 11.9. The molecule has 2 rings (SSSR count). The monoisotopic (exact) mass is 289 g/mol. The Morgan fingerprint density at radius 3 is 2.65 bits per heavy atom. The zero-order chi connectivity index (χ0) is 14.5. The summed E-state index contributed by atoms with van der Waals surface area (Å²) in [5.74, 6) is -0.151. The van der Waals surface area contributed by atoms with Gasteiger partial charge in [-0.25, -0.2) is 0 Å². The number of benzene rings is 2. The molecule has 0 aliphatic heterocycles. The Balaban J connectivity index is 2.37. The second-order valence-corrected chi connectivity index (χ2v) is 4.68. The number of rotatable bonds is 4. The Morgan fingerprint density at radius 1 is 1.20 bits per heavy atom. The Kier molecular flexibility index (Phi) is 4.48. The van der Waals surface area contributed by atoms with E-state index in [0.717, 1.165) is 5.69 Å². The van der Waals surface area contributed by atoms with Gasteiger partial charge in [-0.2, -0.15) is 0 Å². The van der Waals surface area contributed by atoms with Crippen LogP contribution in [-0.4, -0.2) is 12.5 Å². The van der Waals surface area contributed by atoms with E-state index in [4.69, 9.17) is 17.3 Å². The van der Waals surface area contributed by atoms with Gasteiger partial charge in [0.1, 0.15) is 0 Å². The maximum atomic E-state index is 12.0. The minimum atomic E-state index is -0.151. The maximum Gasteiger partial charge on any atom is 0.253 e. The van der Waals surface area contributed by atoms with E-state index < -0.39 is 0 Å². The third kappa shape index (κ3) is 3.22. The van der Waals surface area contributed by atoms with Gasteiger partial charge in [-0.05, 0) is 37.3 Å². The first-order valence-corrected chi connectivity index (χ1v) is 6.69. The average molecular weight is 290 g/mol. The van der Waals surface area contributed by atoms with E-state index in [0.29, 0.717) is 28.5 Å². The number of anilines is 3. The normalized spacial score (nSPS) is 10.1. The maximum absolute atomic E-state index is 12.0. The van der Waals surface area contributed by atoms with Crippen molar-refractivity contribution >= 4 is 34.6 Å². The quantitative estimate of drug-likeness (QED) is 0.756. The van der Waals surface area contributed by atoms with Crippen LogP contribution in [0.2, 0.25) is 5.02 Å². The first-order chi connectivity index (χ1) is 9.61.